The van der Waals surface area contributed by atoms with Crippen LogP contribution in [0.15, 0.2) is 48.5 Å². The van der Waals surface area contributed by atoms with Crippen LogP contribution >= 0.6 is 11.6 Å². The van der Waals surface area contributed by atoms with Crippen LogP contribution in [0.5, 0.6) is 0 Å². The van der Waals surface area contributed by atoms with Crippen LogP contribution in [0.1, 0.15) is 32.8 Å². The second-order valence-corrected chi connectivity index (χ2v) is 11.4. The van der Waals surface area contributed by atoms with Crippen molar-refractivity contribution in [3.8, 4) is 0 Å². The van der Waals surface area contributed by atoms with Crippen molar-refractivity contribution in [2.24, 2.45) is 5.92 Å². The Kier molecular flexibility index (Phi) is 10.7. The predicted molar refractivity (Wildman–Crippen MR) is 140 cm³/mol. The highest BCUT2D eigenvalue weighted by molar-refractivity contribution is 7.90. The molecular weight excluding hydrogens is 507 g/mol. The fourth-order valence-electron chi connectivity index (χ4n) is 3.51. The number of rotatable bonds is 12. The van der Waals surface area contributed by atoms with Crippen LogP contribution in [0.4, 0.5) is 10.1 Å². The molecule has 2 aromatic carbocycles. The van der Waals surface area contributed by atoms with Gasteiger partial charge in [0, 0.05) is 32.2 Å². The van der Waals surface area contributed by atoms with Gasteiger partial charge in [-0.2, -0.15) is 12.7 Å². The molecule has 0 unspecified atom stereocenters. The summed E-state index contributed by atoms with van der Waals surface area (Å²) in [5.74, 6) is -1.63. The minimum absolute atomic E-state index is 0.0285. The summed E-state index contributed by atoms with van der Waals surface area (Å²) in [6.45, 7) is 5.34. The van der Waals surface area contributed by atoms with Crippen LogP contribution in [-0.4, -0.2) is 62.7 Å². The van der Waals surface area contributed by atoms with Crippen LogP contribution in [0.2, 0.25) is 5.02 Å². The Morgan fingerprint density at radius 2 is 1.67 bits per heavy atom. The molecule has 0 aliphatic rings. The van der Waals surface area contributed by atoms with Gasteiger partial charge in [-0.3, -0.25) is 9.59 Å². The predicted octanol–water partition coefficient (Wildman–Crippen LogP) is 3.67. The van der Waals surface area contributed by atoms with E-state index in [0.717, 1.165) is 10.4 Å². The van der Waals surface area contributed by atoms with Crippen LogP contribution in [-0.2, 0) is 26.3 Å². The number of nitrogens with zero attached hydrogens (tertiary/aromatic N) is 3. The van der Waals surface area contributed by atoms with E-state index in [1.807, 2.05) is 13.8 Å². The second-order valence-electron chi connectivity index (χ2n) is 8.92. The monoisotopic (exact) mass is 540 g/mol. The quantitative estimate of drug-likeness (QED) is 0.445. The summed E-state index contributed by atoms with van der Waals surface area (Å²) in [4.78, 5) is 28.1. The number of amides is 2. The maximum atomic E-state index is 14.7. The van der Waals surface area contributed by atoms with Crippen LogP contribution in [0.25, 0.3) is 0 Å². The van der Waals surface area contributed by atoms with E-state index < -0.39 is 34.5 Å². The van der Waals surface area contributed by atoms with E-state index in [2.05, 4.69) is 5.32 Å². The standard InChI is InChI=1S/C25H34ClFN4O4S/c1-6-22(25(33)28-15-18(2)3)30(16-19-11-7-8-12-20(19)26)24(32)17-31(36(34,35)29(4)5)23-14-10-9-13-21(23)27/h7-14,18,22H,6,15-17H2,1-5H3,(H,28,33)/t22-/m1/s1. The van der Waals surface area contributed by atoms with Gasteiger partial charge in [-0.25, -0.2) is 8.70 Å². The van der Waals surface area contributed by atoms with Gasteiger partial charge in [-0.15, -0.1) is 0 Å². The summed E-state index contributed by atoms with van der Waals surface area (Å²) < 4.78 is 42.5. The minimum Gasteiger partial charge on any atom is -0.354 e. The van der Waals surface area contributed by atoms with E-state index in [1.54, 1.807) is 31.2 Å². The van der Waals surface area contributed by atoms with Crippen molar-refractivity contribution in [2.75, 3.05) is 31.5 Å². The molecule has 11 heteroatoms. The van der Waals surface area contributed by atoms with Crippen LogP contribution < -0.4 is 9.62 Å². The molecule has 0 heterocycles. The lowest BCUT2D eigenvalue weighted by atomic mass is 10.1. The first-order valence-corrected chi connectivity index (χ1v) is 13.4. The zero-order valence-corrected chi connectivity index (χ0v) is 22.8. The molecule has 0 saturated carbocycles. The Labute approximate surface area is 218 Å². The highest BCUT2D eigenvalue weighted by atomic mass is 35.5. The third-order valence-electron chi connectivity index (χ3n) is 5.51. The first-order valence-electron chi connectivity index (χ1n) is 11.6. The lowest BCUT2D eigenvalue weighted by molar-refractivity contribution is -0.140. The number of hydrogen-bond acceptors (Lipinski definition) is 4. The molecule has 2 rings (SSSR count). The van der Waals surface area contributed by atoms with Crippen molar-refractivity contribution >= 4 is 39.3 Å². The van der Waals surface area contributed by atoms with Crippen molar-refractivity contribution in [1.82, 2.24) is 14.5 Å². The summed E-state index contributed by atoms with van der Waals surface area (Å²) in [6.07, 6.45) is 0.278. The van der Waals surface area contributed by atoms with E-state index >= 15 is 0 Å². The molecule has 0 bridgehead atoms. The van der Waals surface area contributed by atoms with Crippen molar-refractivity contribution in [3.63, 3.8) is 0 Å². The summed E-state index contributed by atoms with van der Waals surface area (Å²) in [5, 5.41) is 3.25. The number of para-hydroxylation sites is 1. The van der Waals surface area contributed by atoms with Crippen molar-refractivity contribution in [3.05, 3.63) is 64.9 Å². The van der Waals surface area contributed by atoms with E-state index in [4.69, 9.17) is 11.6 Å². The molecule has 2 amide bonds. The van der Waals surface area contributed by atoms with Crippen LogP contribution in [0, 0.1) is 11.7 Å². The number of benzene rings is 2. The van der Waals surface area contributed by atoms with E-state index in [0.29, 0.717) is 21.4 Å². The molecule has 0 fully saturated rings. The van der Waals surface area contributed by atoms with E-state index in [1.165, 1.54) is 37.2 Å². The largest absolute Gasteiger partial charge is 0.354 e. The van der Waals surface area contributed by atoms with Crippen molar-refractivity contribution in [1.29, 1.82) is 0 Å². The summed E-state index contributed by atoms with van der Waals surface area (Å²) in [6, 6.07) is 11.3. The second kappa shape index (κ2) is 13.0. The fraction of sp³-hybridized carbons (Fsp3) is 0.440. The van der Waals surface area contributed by atoms with Crippen molar-refractivity contribution < 1.29 is 22.4 Å². The molecule has 0 saturated heterocycles. The average Bonchev–Trinajstić information content (AvgIpc) is 2.82. The summed E-state index contributed by atoms with van der Waals surface area (Å²) in [7, 11) is -1.66. The highest BCUT2D eigenvalue weighted by Crippen LogP contribution is 2.25. The van der Waals surface area contributed by atoms with Crippen molar-refractivity contribution in [2.45, 2.75) is 39.8 Å². The number of nitrogens with one attached hydrogen (secondary N) is 1. The Hall–Kier alpha value is -2.69. The minimum atomic E-state index is -4.25. The molecule has 1 atom stereocenters. The molecule has 8 nitrogen and oxygen atoms in total. The van der Waals surface area contributed by atoms with Gasteiger partial charge in [0.25, 0.3) is 0 Å². The third-order valence-corrected chi connectivity index (χ3v) is 7.68. The SMILES string of the molecule is CC[C@H](C(=O)NCC(C)C)N(Cc1ccccc1Cl)C(=O)CN(c1ccccc1F)S(=O)(=O)N(C)C. The van der Waals surface area contributed by atoms with E-state index in [-0.39, 0.29) is 30.5 Å². The lowest BCUT2D eigenvalue weighted by Gasteiger charge is -2.34. The molecule has 0 spiro atoms. The van der Waals surface area contributed by atoms with Gasteiger partial charge in [0.05, 0.1) is 5.69 Å². The zero-order valence-electron chi connectivity index (χ0n) is 21.2. The topological polar surface area (TPSA) is 90.0 Å². The van der Waals surface area contributed by atoms with Gasteiger partial charge in [0.1, 0.15) is 18.4 Å². The zero-order chi connectivity index (χ0) is 27.0. The number of hydrogen-bond donors (Lipinski definition) is 1. The van der Waals surface area contributed by atoms with Gasteiger partial charge in [-0.1, -0.05) is 62.7 Å². The van der Waals surface area contributed by atoms with Crippen LogP contribution in [0.3, 0.4) is 0 Å². The molecule has 0 radical (unpaired) electrons. The van der Waals surface area contributed by atoms with Gasteiger partial charge in [0.2, 0.25) is 11.8 Å². The molecule has 0 aliphatic carbocycles. The summed E-state index contributed by atoms with van der Waals surface area (Å²) >= 11 is 6.34. The number of anilines is 1. The Morgan fingerprint density at radius 1 is 1.06 bits per heavy atom. The molecule has 36 heavy (non-hydrogen) atoms. The summed E-state index contributed by atoms with van der Waals surface area (Å²) in [5.41, 5.74) is 0.324. The smallest absolute Gasteiger partial charge is 0.304 e. The number of carbonyl (C=O) groups is 2. The molecule has 198 valence electrons. The first-order chi connectivity index (χ1) is 16.9. The molecule has 0 aromatic heterocycles. The lowest BCUT2D eigenvalue weighted by Crippen LogP contribution is -2.53. The molecule has 1 N–H and O–H groups in total. The van der Waals surface area contributed by atoms with E-state index in [9.17, 15) is 22.4 Å². The first kappa shape index (κ1) is 29.5. The average molecular weight is 541 g/mol. The number of halogens is 2. The number of carbonyl (C=O) groups excluding carboxylic acids is 2. The maximum Gasteiger partial charge on any atom is 0.304 e. The maximum absolute atomic E-state index is 14.7. The Morgan fingerprint density at radius 3 is 2.22 bits per heavy atom. The Balaban J connectivity index is 2.52. The normalized spacial score (nSPS) is 12.5. The highest BCUT2D eigenvalue weighted by Gasteiger charge is 2.34. The van der Waals surface area contributed by atoms with Gasteiger partial charge in [0.15, 0.2) is 0 Å². The van der Waals surface area contributed by atoms with Gasteiger partial charge < -0.3 is 10.2 Å². The van der Waals surface area contributed by atoms with Gasteiger partial charge >= 0.3 is 10.2 Å². The molecular formula is C25H34ClFN4O4S. The van der Waals surface area contributed by atoms with Gasteiger partial charge in [-0.05, 0) is 36.1 Å². The Bertz CT molecular complexity index is 1160. The third kappa shape index (κ3) is 7.41. The molecule has 0 aliphatic heterocycles. The molecule has 2 aromatic rings. The fourth-order valence-corrected chi connectivity index (χ4v) is 4.77.